The largest absolute Gasteiger partial charge is 0.337 e. The molecule has 0 aromatic heterocycles. The molecule has 3 rings (SSSR count). The van der Waals surface area contributed by atoms with Crippen LogP contribution in [0.15, 0.2) is 47.4 Å². The summed E-state index contributed by atoms with van der Waals surface area (Å²) in [6.45, 7) is 4.82. The Morgan fingerprint density at radius 1 is 1.15 bits per heavy atom. The van der Waals surface area contributed by atoms with E-state index in [4.69, 9.17) is 5.73 Å². The molecule has 0 spiro atoms. The third-order valence-corrected chi connectivity index (χ3v) is 5.94. The molecule has 2 aromatic rings. The highest BCUT2D eigenvalue weighted by molar-refractivity contribution is 7.92. The predicted molar refractivity (Wildman–Crippen MR) is 102 cm³/mol. The molecule has 138 valence electrons. The maximum absolute atomic E-state index is 12.7. The van der Waals surface area contributed by atoms with Crippen LogP contribution in [0.3, 0.4) is 0 Å². The van der Waals surface area contributed by atoms with E-state index in [2.05, 4.69) is 4.72 Å². The van der Waals surface area contributed by atoms with Gasteiger partial charge in [-0.1, -0.05) is 23.8 Å². The van der Waals surface area contributed by atoms with Crippen molar-refractivity contribution < 1.29 is 13.2 Å². The van der Waals surface area contributed by atoms with E-state index in [0.717, 1.165) is 17.5 Å². The summed E-state index contributed by atoms with van der Waals surface area (Å²) in [5.41, 5.74) is 8.53. The Bertz CT molecular complexity index is 924. The van der Waals surface area contributed by atoms with Gasteiger partial charge in [0.1, 0.15) is 0 Å². The zero-order chi connectivity index (χ0) is 18.9. The van der Waals surface area contributed by atoms with Crippen LogP contribution < -0.4 is 10.5 Å². The number of nitrogens with zero attached hydrogens (tertiary/aromatic N) is 1. The van der Waals surface area contributed by atoms with Crippen LogP contribution in [0.1, 0.15) is 27.9 Å². The molecule has 0 bridgehead atoms. The molecule has 3 N–H and O–H groups in total. The number of hydrogen-bond donors (Lipinski definition) is 2. The van der Waals surface area contributed by atoms with E-state index in [1.54, 1.807) is 30.0 Å². The second kappa shape index (κ2) is 7.09. The quantitative estimate of drug-likeness (QED) is 0.860. The highest BCUT2D eigenvalue weighted by Gasteiger charge is 2.26. The van der Waals surface area contributed by atoms with Gasteiger partial charge in [0.25, 0.3) is 15.9 Å². The molecule has 1 aliphatic heterocycles. The maximum Gasteiger partial charge on any atom is 0.261 e. The van der Waals surface area contributed by atoms with Crippen LogP contribution in [-0.4, -0.2) is 38.4 Å². The van der Waals surface area contributed by atoms with Crippen molar-refractivity contribution in [1.82, 2.24) is 4.90 Å². The Kier molecular flexibility index (Phi) is 5.02. The first-order chi connectivity index (χ1) is 12.3. The molecule has 1 aliphatic rings. The van der Waals surface area contributed by atoms with Crippen LogP contribution in [0.2, 0.25) is 0 Å². The van der Waals surface area contributed by atoms with E-state index in [1.807, 2.05) is 19.1 Å². The highest BCUT2D eigenvalue weighted by Crippen LogP contribution is 2.22. The van der Waals surface area contributed by atoms with Crippen molar-refractivity contribution in [2.45, 2.75) is 31.2 Å². The van der Waals surface area contributed by atoms with Crippen molar-refractivity contribution in [1.29, 1.82) is 0 Å². The van der Waals surface area contributed by atoms with Crippen LogP contribution in [0.4, 0.5) is 5.69 Å². The van der Waals surface area contributed by atoms with E-state index in [-0.39, 0.29) is 16.8 Å². The lowest BCUT2D eigenvalue weighted by atomic mass is 10.1. The third-order valence-electron chi connectivity index (χ3n) is 4.57. The van der Waals surface area contributed by atoms with Gasteiger partial charge in [-0.3, -0.25) is 9.52 Å². The standard InChI is InChI=1S/C19H23N3O3S/c1-13-3-6-16(7-4-13)21-26(24,25)17-8-5-14(2)18(11-17)19(23)22-10-9-15(20)12-22/h3-8,11,15,21H,9-10,12,20H2,1-2H3/t15-/m1/s1. The van der Waals surface area contributed by atoms with Crippen LogP contribution >= 0.6 is 0 Å². The molecule has 1 fully saturated rings. The van der Waals surface area contributed by atoms with Crippen molar-refractivity contribution in [3.63, 3.8) is 0 Å². The fourth-order valence-electron chi connectivity index (χ4n) is 2.98. The zero-order valence-corrected chi connectivity index (χ0v) is 15.7. The Morgan fingerprint density at radius 2 is 1.85 bits per heavy atom. The second-order valence-corrected chi connectivity index (χ2v) is 8.43. The summed E-state index contributed by atoms with van der Waals surface area (Å²) in [6, 6.07) is 11.7. The molecule has 1 amide bonds. The number of nitrogens with two attached hydrogens (primary N) is 1. The number of carbonyl (C=O) groups excluding carboxylic acids is 1. The van der Waals surface area contributed by atoms with Gasteiger partial charge in [0, 0.05) is 30.4 Å². The second-order valence-electron chi connectivity index (χ2n) is 6.75. The van der Waals surface area contributed by atoms with Crippen molar-refractivity contribution >= 4 is 21.6 Å². The molecule has 1 saturated heterocycles. The minimum atomic E-state index is -3.78. The number of aryl methyl sites for hydroxylation is 2. The van der Waals surface area contributed by atoms with E-state index < -0.39 is 10.0 Å². The molecule has 7 heteroatoms. The van der Waals surface area contributed by atoms with E-state index in [0.29, 0.717) is 24.3 Å². The monoisotopic (exact) mass is 373 g/mol. The van der Waals surface area contributed by atoms with Crippen molar-refractivity contribution in [3.8, 4) is 0 Å². The fraction of sp³-hybridized carbons (Fsp3) is 0.316. The SMILES string of the molecule is Cc1ccc(NS(=O)(=O)c2ccc(C)c(C(=O)N3CC[C@@H](N)C3)c2)cc1. The Labute approximate surface area is 154 Å². The van der Waals surface area contributed by atoms with Gasteiger partial charge in [0.2, 0.25) is 0 Å². The van der Waals surface area contributed by atoms with Crippen LogP contribution in [0, 0.1) is 13.8 Å². The van der Waals surface area contributed by atoms with Gasteiger partial charge in [0.15, 0.2) is 0 Å². The Balaban J connectivity index is 1.88. The average Bonchev–Trinajstić information content (AvgIpc) is 3.03. The average molecular weight is 373 g/mol. The molecular formula is C19H23N3O3S. The smallest absolute Gasteiger partial charge is 0.261 e. The summed E-state index contributed by atoms with van der Waals surface area (Å²) in [5.74, 6) is -0.178. The fourth-order valence-corrected chi connectivity index (χ4v) is 4.06. The lowest BCUT2D eigenvalue weighted by Crippen LogP contribution is -2.32. The molecule has 1 heterocycles. The number of nitrogens with one attached hydrogen (secondary N) is 1. The topological polar surface area (TPSA) is 92.5 Å². The molecule has 0 radical (unpaired) electrons. The molecule has 26 heavy (non-hydrogen) atoms. The van der Waals surface area contributed by atoms with Crippen LogP contribution in [0.5, 0.6) is 0 Å². The number of anilines is 1. The van der Waals surface area contributed by atoms with Gasteiger partial charge in [-0.25, -0.2) is 8.42 Å². The number of carbonyl (C=O) groups is 1. The molecule has 0 aliphatic carbocycles. The van der Waals surface area contributed by atoms with Crippen LogP contribution in [-0.2, 0) is 10.0 Å². The minimum absolute atomic E-state index is 0.0191. The molecule has 0 unspecified atom stereocenters. The van der Waals surface area contributed by atoms with Gasteiger partial charge in [0.05, 0.1) is 4.90 Å². The normalized spacial score (nSPS) is 17.3. The van der Waals surface area contributed by atoms with Crippen molar-refractivity contribution in [2.24, 2.45) is 5.73 Å². The first kappa shape index (κ1) is 18.4. The summed E-state index contributed by atoms with van der Waals surface area (Å²) < 4.78 is 27.9. The zero-order valence-electron chi connectivity index (χ0n) is 14.9. The minimum Gasteiger partial charge on any atom is -0.337 e. The molecule has 6 nitrogen and oxygen atoms in total. The molecular weight excluding hydrogens is 350 g/mol. The van der Waals surface area contributed by atoms with Crippen molar-refractivity contribution in [3.05, 3.63) is 59.2 Å². The highest BCUT2D eigenvalue weighted by atomic mass is 32.2. The number of likely N-dealkylation sites (tertiary alicyclic amines) is 1. The molecule has 1 atom stereocenters. The first-order valence-electron chi connectivity index (χ1n) is 8.51. The number of rotatable bonds is 4. The van der Waals surface area contributed by atoms with E-state index >= 15 is 0 Å². The molecule has 0 saturated carbocycles. The van der Waals surface area contributed by atoms with E-state index in [1.165, 1.54) is 12.1 Å². The van der Waals surface area contributed by atoms with Gasteiger partial charge < -0.3 is 10.6 Å². The lowest BCUT2D eigenvalue weighted by Gasteiger charge is -2.18. The summed E-state index contributed by atoms with van der Waals surface area (Å²) in [4.78, 5) is 14.5. The van der Waals surface area contributed by atoms with Gasteiger partial charge in [-0.15, -0.1) is 0 Å². The van der Waals surface area contributed by atoms with E-state index in [9.17, 15) is 13.2 Å². The summed E-state index contributed by atoms with van der Waals surface area (Å²) in [7, 11) is -3.78. The number of hydrogen-bond acceptors (Lipinski definition) is 4. The third kappa shape index (κ3) is 3.89. The van der Waals surface area contributed by atoms with Gasteiger partial charge >= 0.3 is 0 Å². The lowest BCUT2D eigenvalue weighted by molar-refractivity contribution is 0.0790. The van der Waals surface area contributed by atoms with Gasteiger partial charge in [-0.05, 0) is 50.1 Å². The predicted octanol–water partition coefficient (Wildman–Crippen LogP) is 2.28. The first-order valence-corrected chi connectivity index (χ1v) is 9.99. The Morgan fingerprint density at radius 3 is 2.46 bits per heavy atom. The van der Waals surface area contributed by atoms with Crippen LogP contribution in [0.25, 0.3) is 0 Å². The maximum atomic E-state index is 12.7. The number of amides is 1. The summed E-state index contributed by atoms with van der Waals surface area (Å²) >= 11 is 0. The summed E-state index contributed by atoms with van der Waals surface area (Å²) in [6.07, 6.45) is 0.762. The number of sulfonamides is 1. The summed E-state index contributed by atoms with van der Waals surface area (Å²) in [5, 5.41) is 0. The number of benzene rings is 2. The Hall–Kier alpha value is -2.38. The van der Waals surface area contributed by atoms with Gasteiger partial charge in [-0.2, -0.15) is 0 Å². The molecule has 2 aromatic carbocycles. The van der Waals surface area contributed by atoms with Crippen molar-refractivity contribution in [2.75, 3.05) is 17.8 Å².